The molecule has 1 aromatic heterocycles. The van der Waals surface area contributed by atoms with E-state index in [2.05, 4.69) is 20.0 Å². The molecule has 1 amide bonds. The van der Waals surface area contributed by atoms with Crippen molar-refractivity contribution < 1.29 is 27.5 Å². The van der Waals surface area contributed by atoms with E-state index < -0.39 is 16.0 Å². The Bertz CT molecular complexity index is 931. The normalized spacial score (nSPS) is 10.8. The van der Waals surface area contributed by atoms with Gasteiger partial charge in [0.2, 0.25) is 11.8 Å². The molecule has 0 bridgehead atoms. The minimum absolute atomic E-state index is 0.0189. The summed E-state index contributed by atoms with van der Waals surface area (Å²) in [6, 6.07) is 6.90. The number of benzene rings is 1. The summed E-state index contributed by atoms with van der Waals surface area (Å²) in [4.78, 5) is 30.7. The number of carbonyl (C=O) groups is 2. The first-order valence-electron chi connectivity index (χ1n) is 8.28. The van der Waals surface area contributed by atoms with Gasteiger partial charge in [0.05, 0.1) is 25.0 Å². The Kier molecular flexibility index (Phi) is 7.27. The summed E-state index contributed by atoms with van der Waals surface area (Å²) in [5.41, 5.74) is 0.400. The predicted molar refractivity (Wildman–Crippen MR) is 100 cm³/mol. The Morgan fingerprint density at radius 3 is 2.46 bits per heavy atom. The number of aromatic nitrogens is 2. The Balaban J connectivity index is 1.98. The lowest BCUT2D eigenvalue weighted by molar-refractivity contribution is -0.144. The zero-order chi connectivity index (χ0) is 20.6. The van der Waals surface area contributed by atoms with Crippen molar-refractivity contribution in [1.29, 1.82) is 0 Å². The number of nitrogens with one attached hydrogen (secondary N) is 2. The molecule has 0 saturated heterocycles. The van der Waals surface area contributed by atoms with Gasteiger partial charge in [-0.05, 0) is 31.2 Å². The quantitative estimate of drug-likeness (QED) is 0.597. The third kappa shape index (κ3) is 6.20. The van der Waals surface area contributed by atoms with Crippen LogP contribution in [-0.2, 0) is 24.3 Å². The number of rotatable bonds is 9. The smallest absolute Gasteiger partial charge is 0.306 e. The molecule has 0 fully saturated rings. The van der Waals surface area contributed by atoms with E-state index in [0.29, 0.717) is 5.69 Å². The summed E-state index contributed by atoms with van der Waals surface area (Å²) < 4.78 is 36.8. The molecule has 0 atom stereocenters. The molecule has 10 nitrogen and oxygen atoms in total. The van der Waals surface area contributed by atoms with Crippen LogP contribution < -0.4 is 14.8 Å². The van der Waals surface area contributed by atoms with E-state index in [1.54, 1.807) is 6.92 Å². The maximum Gasteiger partial charge on any atom is 0.306 e. The van der Waals surface area contributed by atoms with Crippen LogP contribution in [-0.4, -0.2) is 44.0 Å². The summed E-state index contributed by atoms with van der Waals surface area (Å²) in [6.07, 6.45) is 1.11. The summed E-state index contributed by atoms with van der Waals surface area (Å²) >= 11 is 0. The van der Waals surface area contributed by atoms with Gasteiger partial charge in [-0.1, -0.05) is 0 Å². The Hall–Kier alpha value is -3.21. The average Bonchev–Trinajstić information content (AvgIpc) is 2.67. The molecule has 0 aliphatic rings. The highest BCUT2D eigenvalue weighted by atomic mass is 32.2. The Morgan fingerprint density at radius 2 is 1.82 bits per heavy atom. The van der Waals surface area contributed by atoms with Crippen molar-refractivity contribution in [2.24, 2.45) is 0 Å². The molecule has 0 aliphatic carbocycles. The molecule has 2 aromatic rings. The zero-order valence-electron chi connectivity index (χ0n) is 15.3. The number of amides is 1. The van der Waals surface area contributed by atoms with Crippen molar-refractivity contribution in [3.63, 3.8) is 0 Å². The number of esters is 1. The maximum atomic E-state index is 12.4. The van der Waals surface area contributed by atoms with Crippen molar-refractivity contribution in [3.05, 3.63) is 36.7 Å². The number of methoxy groups -OCH3 is 1. The van der Waals surface area contributed by atoms with E-state index >= 15 is 0 Å². The van der Waals surface area contributed by atoms with Crippen molar-refractivity contribution in [1.82, 2.24) is 9.97 Å². The molecule has 28 heavy (non-hydrogen) atoms. The molecular weight excluding hydrogens is 388 g/mol. The van der Waals surface area contributed by atoms with E-state index in [0.717, 1.165) is 0 Å². The SMILES string of the molecule is CCOC(=O)CCC(=O)Nc1ccc(S(=O)(=O)Nc2cc(OC)ncn2)cc1. The van der Waals surface area contributed by atoms with Crippen LogP contribution in [0.15, 0.2) is 41.6 Å². The summed E-state index contributed by atoms with van der Waals surface area (Å²) in [5.74, 6) is -0.557. The number of nitrogens with zero attached hydrogens (tertiary/aromatic N) is 2. The highest BCUT2D eigenvalue weighted by Crippen LogP contribution is 2.19. The van der Waals surface area contributed by atoms with Crippen LogP contribution in [0.1, 0.15) is 19.8 Å². The Labute approximate surface area is 162 Å². The van der Waals surface area contributed by atoms with Gasteiger partial charge in [-0.2, -0.15) is 0 Å². The van der Waals surface area contributed by atoms with Crippen LogP contribution in [0.5, 0.6) is 5.88 Å². The van der Waals surface area contributed by atoms with Crippen molar-refractivity contribution in [3.8, 4) is 5.88 Å². The van der Waals surface area contributed by atoms with Crippen LogP contribution in [0.2, 0.25) is 0 Å². The third-order valence-electron chi connectivity index (χ3n) is 3.40. The third-order valence-corrected chi connectivity index (χ3v) is 4.77. The lowest BCUT2D eigenvalue weighted by Crippen LogP contribution is -2.16. The van der Waals surface area contributed by atoms with Crippen LogP contribution in [0.25, 0.3) is 0 Å². The average molecular weight is 408 g/mol. The minimum Gasteiger partial charge on any atom is -0.481 e. The number of hydrogen-bond acceptors (Lipinski definition) is 8. The van der Waals surface area contributed by atoms with Gasteiger partial charge in [0.1, 0.15) is 12.1 Å². The fourth-order valence-corrected chi connectivity index (χ4v) is 3.09. The molecule has 0 aliphatic heterocycles. The van der Waals surface area contributed by atoms with E-state index in [9.17, 15) is 18.0 Å². The highest BCUT2D eigenvalue weighted by Gasteiger charge is 2.16. The lowest BCUT2D eigenvalue weighted by Gasteiger charge is -2.09. The van der Waals surface area contributed by atoms with E-state index in [1.165, 1.54) is 43.8 Å². The second kappa shape index (κ2) is 9.65. The number of hydrogen-bond donors (Lipinski definition) is 2. The molecule has 2 rings (SSSR count). The fourth-order valence-electron chi connectivity index (χ4n) is 2.09. The highest BCUT2D eigenvalue weighted by molar-refractivity contribution is 7.92. The second-order valence-electron chi connectivity index (χ2n) is 5.43. The monoisotopic (exact) mass is 408 g/mol. The molecule has 1 heterocycles. The number of ether oxygens (including phenoxy) is 2. The summed E-state index contributed by atoms with van der Waals surface area (Å²) in [6.45, 7) is 1.94. The van der Waals surface area contributed by atoms with Crippen molar-refractivity contribution in [2.75, 3.05) is 23.8 Å². The van der Waals surface area contributed by atoms with Gasteiger partial charge < -0.3 is 14.8 Å². The molecule has 1 aromatic carbocycles. The van der Waals surface area contributed by atoms with Crippen molar-refractivity contribution in [2.45, 2.75) is 24.7 Å². The van der Waals surface area contributed by atoms with Gasteiger partial charge in [0.25, 0.3) is 10.0 Å². The number of sulfonamides is 1. The van der Waals surface area contributed by atoms with Gasteiger partial charge in [0.15, 0.2) is 0 Å². The van der Waals surface area contributed by atoms with Crippen LogP contribution in [0.3, 0.4) is 0 Å². The van der Waals surface area contributed by atoms with E-state index in [4.69, 9.17) is 9.47 Å². The first kappa shape index (κ1) is 21.1. The van der Waals surface area contributed by atoms with Crippen LogP contribution >= 0.6 is 0 Å². The van der Waals surface area contributed by atoms with E-state index in [1.807, 2.05) is 0 Å². The summed E-state index contributed by atoms with van der Waals surface area (Å²) in [5, 5.41) is 2.58. The fraction of sp³-hybridized carbons (Fsp3) is 0.294. The topological polar surface area (TPSA) is 137 Å². The molecule has 0 radical (unpaired) electrons. The first-order chi connectivity index (χ1) is 13.3. The number of carbonyl (C=O) groups excluding carboxylic acids is 2. The Morgan fingerprint density at radius 1 is 1.11 bits per heavy atom. The molecule has 0 unspecified atom stereocenters. The van der Waals surface area contributed by atoms with Gasteiger partial charge in [-0.25, -0.2) is 18.4 Å². The summed E-state index contributed by atoms with van der Waals surface area (Å²) in [7, 11) is -2.48. The largest absolute Gasteiger partial charge is 0.481 e. The number of anilines is 2. The molecule has 0 spiro atoms. The van der Waals surface area contributed by atoms with Gasteiger partial charge in [0, 0.05) is 18.2 Å². The zero-order valence-corrected chi connectivity index (χ0v) is 16.2. The van der Waals surface area contributed by atoms with Gasteiger partial charge in [-0.15, -0.1) is 0 Å². The standard InChI is InChI=1S/C17H20N4O6S/c1-3-27-17(23)9-8-15(22)20-12-4-6-13(7-5-12)28(24,25)21-14-10-16(26-2)19-11-18-14/h4-7,10-11H,3,8-9H2,1-2H3,(H,20,22)(H,18,19,21). The molecule has 150 valence electrons. The van der Waals surface area contributed by atoms with Gasteiger partial charge >= 0.3 is 5.97 Å². The van der Waals surface area contributed by atoms with Crippen molar-refractivity contribution >= 4 is 33.4 Å². The van der Waals surface area contributed by atoms with Gasteiger partial charge in [-0.3, -0.25) is 14.3 Å². The minimum atomic E-state index is -3.88. The molecule has 2 N–H and O–H groups in total. The lowest BCUT2D eigenvalue weighted by atomic mass is 10.2. The van der Waals surface area contributed by atoms with Crippen LogP contribution in [0.4, 0.5) is 11.5 Å². The molecule has 11 heteroatoms. The maximum absolute atomic E-state index is 12.4. The van der Waals surface area contributed by atoms with E-state index in [-0.39, 0.29) is 41.9 Å². The molecular formula is C17H20N4O6S. The van der Waals surface area contributed by atoms with Crippen LogP contribution in [0, 0.1) is 0 Å². The second-order valence-corrected chi connectivity index (χ2v) is 7.11. The predicted octanol–water partition coefficient (Wildman–Crippen LogP) is 1.57. The first-order valence-corrected chi connectivity index (χ1v) is 9.76. The molecule has 0 saturated carbocycles.